The summed E-state index contributed by atoms with van der Waals surface area (Å²) in [6.07, 6.45) is 1.43. The van der Waals surface area contributed by atoms with Crippen molar-refractivity contribution in [2.75, 3.05) is 7.11 Å². The highest BCUT2D eigenvalue weighted by atomic mass is 79.9. The van der Waals surface area contributed by atoms with Crippen molar-refractivity contribution < 1.29 is 4.74 Å². The maximum absolute atomic E-state index is 12.0. The third-order valence-electron chi connectivity index (χ3n) is 2.72. The number of nitrogens with zero attached hydrogens (tertiary/aromatic N) is 2. The lowest BCUT2D eigenvalue weighted by Gasteiger charge is -2.11. The number of methoxy groups -OCH3 is 1. The molecule has 19 heavy (non-hydrogen) atoms. The van der Waals surface area contributed by atoms with Crippen molar-refractivity contribution in [1.29, 1.82) is 0 Å². The molecule has 6 heteroatoms. The van der Waals surface area contributed by atoms with E-state index >= 15 is 0 Å². The quantitative estimate of drug-likeness (QED) is 0.805. The number of hydrogen-bond donors (Lipinski definition) is 0. The normalized spacial score (nSPS) is 10.5. The molecule has 100 valence electrons. The number of rotatable bonds is 3. The molecule has 1 aromatic heterocycles. The zero-order valence-electron chi connectivity index (χ0n) is 10.5. The van der Waals surface area contributed by atoms with E-state index < -0.39 is 0 Å². The van der Waals surface area contributed by atoms with Crippen molar-refractivity contribution in [1.82, 2.24) is 9.55 Å². The molecule has 0 spiro atoms. The predicted molar refractivity (Wildman–Crippen MR) is 78.0 cm³/mol. The van der Waals surface area contributed by atoms with E-state index in [1.807, 2.05) is 25.1 Å². The van der Waals surface area contributed by atoms with Gasteiger partial charge in [-0.25, -0.2) is 4.98 Å². The van der Waals surface area contributed by atoms with Gasteiger partial charge in [0.05, 0.1) is 20.0 Å². The highest BCUT2D eigenvalue weighted by Crippen LogP contribution is 2.21. The molecule has 4 nitrogen and oxygen atoms in total. The van der Waals surface area contributed by atoms with Crippen LogP contribution in [0.2, 0.25) is 5.15 Å². The van der Waals surface area contributed by atoms with Gasteiger partial charge < -0.3 is 4.74 Å². The lowest BCUT2D eigenvalue weighted by atomic mass is 10.1. The molecule has 0 amide bonds. The van der Waals surface area contributed by atoms with E-state index in [9.17, 15) is 4.79 Å². The van der Waals surface area contributed by atoms with Crippen molar-refractivity contribution in [3.05, 3.63) is 55.6 Å². The summed E-state index contributed by atoms with van der Waals surface area (Å²) in [5.41, 5.74) is 1.80. The summed E-state index contributed by atoms with van der Waals surface area (Å²) in [7, 11) is 1.60. The van der Waals surface area contributed by atoms with E-state index in [1.54, 1.807) is 7.11 Å². The maximum atomic E-state index is 12.0. The van der Waals surface area contributed by atoms with E-state index in [1.165, 1.54) is 10.9 Å². The summed E-state index contributed by atoms with van der Waals surface area (Å²) in [6, 6.07) is 5.82. The van der Waals surface area contributed by atoms with Crippen molar-refractivity contribution in [2.45, 2.75) is 13.5 Å². The molecular formula is C13H12BrClN2O2. The summed E-state index contributed by atoms with van der Waals surface area (Å²) in [4.78, 5) is 16.0. The third-order valence-corrected chi connectivity index (χ3v) is 3.95. The third kappa shape index (κ3) is 2.98. The predicted octanol–water partition coefficient (Wildman–Crippen LogP) is 3.02. The molecule has 1 aromatic carbocycles. The summed E-state index contributed by atoms with van der Waals surface area (Å²) in [5, 5.41) is 0.164. The number of ether oxygens (including phenoxy) is 1. The van der Waals surface area contributed by atoms with Gasteiger partial charge in [-0.1, -0.05) is 29.3 Å². The lowest BCUT2D eigenvalue weighted by molar-refractivity contribution is 0.408. The molecule has 0 aliphatic rings. The first kappa shape index (κ1) is 14.1. The zero-order valence-corrected chi connectivity index (χ0v) is 12.8. The molecule has 0 aliphatic carbocycles. The molecule has 0 N–H and O–H groups in total. The molecule has 2 aromatic rings. The Morgan fingerprint density at radius 1 is 1.47 bits per heavy atom. The fourth-order valence-corrected chi connectivity index (χ4v) is 2.23. The second-order valence-electron chi connectivity index (χ2n) is 4.10. The van der Waals surface area contributed by atoms with E-state index in [4.69, 9.17) is 16.3 Å². The van der Waals surface area contributed by atoms with E-state index in [0.29, 0.717) is 6.54 Å². The van der Waals surface area contributed by atoms with Crippen molar-refractivity contribution >= 4 is 27.5 Å². The minimum Gasteiger partial charge on any atom is -0.496 e. The van der Waals surface area contributed by atoms with Gasteiger partial charge in [-0.05, 0) is 28.9 Å². The zero-order chi connectivity index (χ0) is 14.0. The second kappa shape index (κ2) is 5.75. The first-order valence-corrected chi connectivity index (χ1v) is 6.74. The van der Waals surface area contributed by atoms with Crippen LogP contribution >= 0.6 is 27.5 Å². The van der Waals surface area contributed by atoms with E-state index in [2.05, 4.69) is 20.9 Å². The van der Waals surface area contributed by atoms with Crippen LogP contribution in [0, 0.1) is 6.92 Å². The topological polar surface area (TPSA) is 44.1 Å². The van der Waals surface area contributed by atoms with Crippen molar-refractivity contribution in [3.8, 4) is 5.75 Å². The van der Waals surface area contributed by atoms with Gasteiger partial charge in [-0.2, -0.15) is 0 Å². The van der Waals surface area contributed by atoms with Crippen LogP contribution in [0.15, 0.2) is 33.8 Å². The smallest absolute Gasteiger partial charge is 0.269 e. The van der Waals surface area contributed by atoms with Crippen molar-refractivity contribution in [3.63, 3.8) is 0 Å². The van der Waals surface area contributed by atoms with Crippen LogP contribution in [0.3, 0.4) is 0 Å². The lowest BCUT2D eigenvalue weighted by Crippen LogP contribution is -2.22. The SMILES string of the molecule is COc1ccc(C)cc1Cn1cnc(Cl)c(Br)c1=O. The number of benzene rings is 1. The molecule has 0 atom stereocenters. The highest BCUT2D eigenvalue weighted by Gasteiger charge is 2.10. The van der Waals surface area contributed by atoms with Crippen LogP contribution in [-0.4, -0.2) is 16.7 Å². The van der Waals surface area contributed by atoms with Gasteiger partial charge in [0.1, 0.15) is 10.2 Å². The van der Waals surface area contributed by atoms with Gasteiger partial charge in [0, 0.05) is 5.56 Å². The van der Waals surface area contributed by atoms with Crippen LogP contribution in [-0.2, 0) is 6.54 Å². The number of aromatic nitrogens is 2. The molecule has 0 fully saturated rings. The number of hydrogen-bond acceptors (Lipinski definition) is 3. The summed E-state index contributed by atoms with van der Waals surface area (Å²) >= 11 is 8.91. The van der Waals surface area contributed by atoms with E-state index in [-0.39, 0.29) is 15.2 Å². The largest absolute Gasteiger partial charge is 0.496 e. The summed E-state index contributed by atoms with van der Waals surface area (Å²) < 4.78 is 7.04. The molecule has 0 saturated heterocycles. The second-order valence-corrected chi connectivity index (χ2v) is 5.25. The Bertz CT molecular complexity index is 670. The van der Waals surface area contributed by atoms with Gasteiger partial charge >= 0.3 is 0 Å². The van der Waals surface area contributed by atoms with Gasteiger partial charge in [0.15, 0.2) is 5.15 Å². The van der Waals surface area contributed by atoms with Gasteiger partial charge in [0.25, 0.3) is 5.56 Å². The molecule has 2 rings (SSSR count). The summed E-state index contributed by atoms with van der Waals surface area (Å²) in [5.74, 6) is 0.739. The molecule has 0 bridgehead atoms. The minimum absolute atomic E-state index is 0.164. The average Bonchev–Trinajstić information content (AvgIpc) is 2.40. The van der Waals surface area contributed by atoms with Crippen LogP contribution in [0.4, 0.5) is 0 Å². The van der Waals surface area contributed by atoms with Gasteiger partial charge in [-0.3, -0.25) is 9.36 Å². The number of aryl methyl sites for hydroxylation is 1. The van der Waals surface area contributed by atoms with Gasteiger partial charge in [0.2, 0.25) is 0 Å². The molecule has 1 heterocycles. The van der Waals surface area contributed by atoms with Gasteiger partial charge in [-0.15, -0.1) is 0 Å². The summed E-state index contributed by atoms with van der Waals surface area (Å²) in [6.45, 7) is 2.37. The van der Waals surface area contributed by atoms with Crippen LogP contribution in [0.25, 0.3) is 0 Å². The first-order valence-electron chi connectivity index (χ1n) is 5.57. The van der Waals surface area contributed by atoms with Crippen LogP contribution in [0.5, 0.6) is 5.75 Å². The average molecular weight is 344 g/mol. The minimum atomic E-state index is -0.219. The monoisotopic (exact) mass is 342 g/mol. The standard InChI is InChI=1S/C13H12BrClN2O2/c1-8-3-4-10(19-2)9(5-8)6-17-7-16-12(15)11(14)13(17)18/h3-5,7H,6H2,1-2H3. The highest BCUT2D eigenvalue weighted by molar-refractivity contribution is 9.10. The number of halogens is 2. The van der Waals surface area contributed by atoms with Crippen molar-refractivity contribution in [2.24, 2.45) is 0 Å². The fraction of sp³-hybridized carbons (Fsp3) is 0.231. The Morgan fingerprint density at radius 3 is 2.89 bits per heavy atom. The van der Waals surface area contributed by atoms with Crippen LogP contribution < -0.4 is 10.3 Å². The molecular weight excluding hydrogens is 332 g/mol. The molecule has 0 saturated carbocycles. The molecule has 0 radical (unpaired) electrons. The Balaban J connectivity index is 2.44. The molecule has 0 aliphatic heterocycles. The Morgan fingerprint density at radius 2 is 2.21 bits per heavy atom. The molecule has 0 unspecified atom stereocenters. The van der Waals surface area contributed by atoms with E-state index in [0.717, 1.165) is 16.9 Å². The first-order chi connectivity index (χ1) is 9.02. The maximum Gasteiger partial charge on any atom is 0.269 e. The van der Waals surface area contributed by atoms with Crippen LogP contribution in [0.1, 0.15) is 11.1 Å². The Hall–Kier alpha value is -1.33. The fourth-order valence-electron chi connectivity index (χ4n) is 1.77. The Labute approximate surface area is 124 Å². The Kier molecular flexibility index (Phi) is 4.27.